The molecule has 3 saturated heterocycles. The summed E-state index contributed by atoms with van der Waals surface area (Å²) in [5, 5.41) is 4.14. The molecule has 136 valence electrons. The summed E-state index contributed by atoms with van der Waals surface area (Å²) >= 11 is 12.0. The lowest BCUT2D eigenvalue weighted by molar-refractivity contribution is 0.0136. The first-order valence-corrected chi connectivity index (χ1v) is 9.76. The predicted octanol–water partition coefficient (Wildman–Crippen LogP) is 3.82. The highest BCUT2D eigenvalue weighted by molar-refractivity contribution is 6.42. The van der Waals surface area contributed by atoms with Gasteiger partial charge < -0.3 is 5.32 Å². The van der Waals surface area contributed by atoms with Gasteiger partial charge in [0.1, 0.15) is 0 Å². The van der Waals surface area contributed by atoms with Crippen molar-refractivity contribution in [1.82, 2.24) is 15.2 Å². The number of hydrogen-bond acceptors (Lipinski definition) is 3. The first kappa shape index (κ1) is 17.8. The number of carbonyl (C=O) groups excluding carboxylic acids is 1. The number of halogens is 2. The number of benzene rings is 1. The number of nitrogens with zero attached hydrogens (tertiary/aromatic N) is 2. The molecule has 5 rings (SSSR count). The number of piperidine rings is 3. The average molecular weight is 390 g/mol. The summed E-state index contributed by atoms with van der Waals surface area (Å²) in [5.41, 5.74) is 1.76. The lowest BCUT2D eigenvalue weighted by Crippen LogP contribution is -2.64. The third-order valence-electron chi connectivity index (χ3n) is 5.61. The molecular weight excluding hydrogens is 369 g/mol. The van der Waals surface area contributed by atoms with Crippen LogP contribution in [-0.4, -0.2) is 41.0 Å². The Kier molecular flexibility index (Phi) is 5.16. The summed E-state index contributed by atoms with van der Waals surface area (Å²) in [5.74, 6) is 0.437. The lowest BCUT2D eigenvalue weighted by Gasteiger charge is -2.51. The average Bonchev–Trinajstić information content (AvgIpc) is 2.67. The van der Waals surface area contributed by atoms with Crippen LogP contribution in [0.15, 0.2) is 42.7 Å². The van der Waals surface area contributed by atoms with Gasteiger partial charge in [-0.1, -0.05) is 29.3 Å². The maximum absolute atomic E-state index is 12.8. The van der Waals surface area contributed by atoms with Gasteiger partial charge >= 0.3 is 0 Å². The van der Waals surface area contributed by atoms with Crippen LogP contribution in [0.5, 0.6) is 0 Å². The van der Waals surface area contributed by atoms with Crippen molar-refractivity contribution in [1.29, 1.82) is 0 Å². The van der Waals surface area contributed by atoms with E-state index in [2.05, 4.69) is 21.3 Å². The molecule has 0 unspecified atom stereocenters. The number of fused-ring (bicyclic) bond motifs is 3. The van der Waals surface area contributed by atoms with Crippen LogP contribution in [-0.2, 0) is 6.42 Å². The summed E-state index contributed by atoms with van der Waals surface area (Å²) in [6.45, 7) is 2.21. The maximum atomic E-state index is 12.8. The second-order valence-electron chi connectivity index (χ2n) is 7.13. The van der Waals surface area contributed by atoms with Crippen LogP contribution in [0, 0.1) is 5.92 Å². The number of hydrogen-bond donors (Lipinski definition) is 1. The van der Waals surface area contributed by atoms with Crippen molar-refractivity contribution in [2.45, 2.75) is 31.3 Å². The SMILES string of the molecule is O=C(N[C@@H]1C2CCN(CC2)[C@H]1Cc1cccnc1)c1ccc(Cl)c(Cl)c1. The number of carbonyl (C=O) groups is 1. The van der Waals surface area contributed by atoms with E-state index in [9.17, 15) is 4.79 Å². The van der Waals surface area contributed by atoms with Gasteiger partial charge in [-0.05, 0) is 68.1 Å². The van der Waals surface area contributed by atoms with Gasteiger partial charge in [0.15, 0.2) is 0 Å². The Hall–Kier alpha value is -1.62. The largest absolute Gasteiger partial charge is 0.347 e. The van der Waals surface area contributed by atoms with Crippen LogP contribution in [0.25, 0.3) is 0 Å². The molecule has 6 heteroatoms. The molecule has 0 saturated carbocycles. The van der Waals surface area contributed by atoms with Crippen LogP contribution in [0.4, 0.5) is 0 Å². The van der Waals surface area contributed by atoms with Crippen molar-refractivity contribution < 1.29 is 4.79 Å². The van der Waals surface area contributed by atoms with E-state index in [0.717, 1.165) is 32.4 Å². The van der Waals surface area contributed by atoms with Crippen molar-refractivity contribution >= 4 is 29.1 Å². The molecule has 2 atom stereocenters. The maximum Gasteiger partial charge on any atom is 0.251 e. The van der Waals surface area contributed by atoms with E-state index >= 15 is 0 Å². The Morgan fingerprint density at radius 2 is 2.00 bits per heavy atom. The van der Waals surface area contributed by atoms with Crippen molar-refractivity contribution in [2.75, 3.05) is 13.1 Å². The zero-order chi connectivity index (χ0) is 18.1. The van der Waals surface area contributed by atoms with Gasteiger partial charge in [0.2, 0.25) is 0 Å². The van der Waals surface area contributed by atoms with Crippen LogP contribution in [0.3, 0.4) is 0 Å². The van der Waals surface area contributed by atoms with Gasteiger partial charge in [-0.25, -0.2) is 0 Å². The van der Waals surface area contributed by atoms with Gasteiger partial charge in [-0.2, -0.15) is 0 Å². The van der Waals surface area contributed by atoms with Gasteiger partial charge in [-0.3, -0.25) is 14.7 Å². The monoisotopic (exact) mass is 389 g/mol. The molecule has 3 aliphatic rings. The number of amides is 1. The fourth-order valence-electron chi connectivity index (χ4n) is 4.25. The minimum absolute atomic E-state index is 0.0847. The van der Waals surface area contributed by atoms with E-state index in [1.807, 2.05) is 12.3 Å². The molecule has 0 radical (unpaired) electrons. The van der Waals surface area contributed by atoms with Gasteiger partial charge in [-0.15, -0.1) is 0 Å². The molecule has 1 N–H and O–H groups in total. The molecule has 3 aliphatic heterocycles. The predicted molar refractivity (Wildman–Crippen MR) is 104 cm³/mol. The molecule has 1 amide bonds. The van der Waals surface area contributed by atoms with Crippen molar-refractivity contribution in [3.05, 3.63) is 63.9 Å². The summed E-state index contributed by atoms with van der Waals surface area (Å²) in [7, 11) is 0. The Morgan fingerprint density at radius 1 is 1.19 bits per heavy atom. The van der Waals surface area contributed by atoms with Gasteiger partial charge in [0.05, 0.1) is 10.0 Å². The summed E-state index contributed by atoms with van der Waals surface area (Å²) in [6.07, 6.45) is 6.88. The number of rotatable bonds is 4. The van der Waals surface area contributed by atoms with E-state index in [0.29, 0.717) is 27.6 Å². The molecule has 4 heterocycles. The minimum Gasteiger partial charge on any atom is -0.347 e. The van der Waals surface area contributed by atoms with Crippen LogP contribution in [0.1, 0.15) is 28.8 Å². The third-order valence-corrected chi connectivity index (χ3v) is 6.35. The highest BCUT2D eigenvalue weighted by Gasteiger charge is 2.42. The fourth-order valence-corrected chi connectivity index (χ4v) is 4.55. The Labute approximate surface area is 163 Å². The highest BCUT2D eigenvalue weighted by atomic mass is 35.5. The van der Waals surface area contributed by atoms with E-state index < -0.39 is 0 Å². The molecule has 0 aliphatic carbocycles. The Bertz CT molecular complexity index is 791. The normalized spacial score (nSPS) is 27.3. The lowest BCUT2D eigenvalue weighted by atomic mass is 9.76. The first-order chi connectivity index (χ1) is 12.6. The van der Waals surface area contributed by atoms with E-state index in [1.54, 1.807) is 24.4 Å². The first-order valence-electron chi connectivity index (χ1n) is 9.00. The molecule has 0 spiro atoms. The quantitative estimate of drug-likeness (QED) is 0.863. The topological polar surface area (TPSA) is 45.2 Å². The fraction of sp³-hybridized carbons (Fsp3) is 0.400. The van der Waals surface area contributed by atoms with E-state index in [1.165, 1.54) is 5.56 Å². The van der Waals surface area contributed by atoms with Crippen LogP contribution in [0.2, 0.25) is 10.0 Å². The standard InChI is InChI=1S/C20H21Cl2N3O/c21-16-4-3-15(11-17(16)22)20(26)24-19-14-5-8-25(9-6-14)18(19)10-13-2-1-7-23-12-13/h1-4,7,11-12,14,18-19H,5-6,8-10H2,(H,24,26)/t18-,19+/m0/s1. The van der Waals surface area contributed by atoms with Crippen LogP contribution < -0.4 is 5.32 Å². The molecule has 4 nitrogen and oxygen atoms in total. The molecule has 1 aromatic carbocycles. The third kappa shape index (κ3) is 3.59. The molecule has 26 heavy (non-hydrogen) atoms. The zero-order valence-corrected chi connectivity index (χ0v) is 15.9. The molecule has 1 aromatic heterocycles. The molecule has 2 aromatic rings. The van der Waals surface area contributed by atoms with Crippen LogP contribution >= 0.6 is 23.2 Å². The zero-order valence-electron chi connectivity index (χ0n) is 14.4. The van der Waals surface area contributed by atoms with Gasteiger partial charge in [0, 0.05) is 30.0 Å². The van der Waals surface area contributed by atoms with Crippen molar-refractivity contribution in [3.63, 3.8) is 0 Å². The smallest absolute Gasteiger partial charge is 0.251 e. The Morgan fingerprint density at radius 3 is 2.69 bits per heavy atom. The minimum atomic E-state index is -0.0847. The van der Waals surface area contributed by atoms with Crippen molar-refractivity contribution in [3.8, 4) is 0 Å². The van der Waals surface area contributed by atoms with Gasteiger partial charge in [0.25, 0.3) is 5.91 Å². The molecular formula is C20H21Cl2N3O. The van der Waals surface area contributed by atoms with E-state index in [4.69, 9.17) is 23.2 Å². The number of pyridine rings is 1. The summed E-state index contributed by atoms with van der Waals surface area (Å²) in [4.78, 5) is 19.5. The second-order valence-corrected chi connectivity index (χ2v) is 7.95. The summed E-state index contributed by atoms with van der Waals surface area (Å²) in [6, 6.07) is 9.54. The number of aromatic nitrogens is 1. The van der Waals surface area contributed by atoms with E-state index in [-0.39, 0.29) is 11.9 Å². The second kappa shape index (κ2) is 7.55. The van der Waals surface area contributed by atoms with Crippen molar-refractivity contribution in [2.24, 2.45) is 5.92 Å². The number of nitrogens with one attached hydrogen (secondary N) is 1. The summed E-state index contributed by atoms with van der Waals surface area (Å²) < 4.78 is 0. The highest BCUT2D eigenvalue weighted by Crippen LogP contribution is 2.34. The Balaban J connectivity index is 1.54. The molecule has 2 bridgehead atoms. The molecule has 3 fully saturated rings.